The van der Waals surface area contributed by atoms with Gasteiger partial charge in [0.15, 0.2) is 0 Å². The van der Waals surface area contributed by atoms with Crippen molar-refractivity contribution in [1.29, 1.82) is 0 Å². The summed E-state index contributed by atoms with van der Waals surface area (Å²) in [5.41, 5.74) is 2.59. The van der Waals surface area contributed by atoms with Crippen LogP contribution in [-0.4, -0.2) is 11.7 Å². The number of aryl methyl sites for hydroxylation is 2. The number of fused-ring (bicyclic) bond motifs is 1. The van der Waals surface area contributed by atoms with Crippen molar-refractivity contribution < 1.29 is 4.74 Å². The Balaban J connectivity index is 1.77. The predicted octanol–water partition coefficient (Wildman–Crippen LogP) is 4.66. The van der Waals surface area contributed by atoms with Crippen molar-refractivity contribution in [2.45, 2.75) is 13.0 Å². The number of benzene rings is 2. The molecule has 0 radical (unpaired) electrons. The first-order chi connectivity index (χ1) is 9.76. The first-order valence-electron chi connectivity index (χ1n) is 6.63. The lowest BCUT2D eigenvalue weighted by molar-refractivity contribution is 0.414. The van der Waals surface area contributed by atoms with Gasteiger partial charge in [0.25, 0.3) is 0 Å². The Kier molecular flexibility index (Phi) is 3.79. The number of ether oxygens (including phenoxy) is 1. The van der Waals surface area contributed by atoms with Gasteiger partial charge in [-0.1, -0.05) is 34.1 Å². The Morgan fingerprint density at radius 3 is 2.60 bits per heavy atom. The maximum atomic E-state index is 5.18. The molecule has 0 saturated heterocycles. The molecule has 0 saturated carbocycles. The van der Waals surface area contributed by atoms with E-state index in [1.165, 1.54) is 16.5 Å². The zero-order valence-electron chi connectivity index (χ0n) is 11.3. The molecule has 0 spiro atoms. The van der Waals surface area contributed by atoms with Gasteiger partial charge in [-0.3, -0.25) is 0 Å². The summed E-state index contributed by atoms with van der Waals surface area (Å²) in [5.74, 6) is 0.907. The molecule has 1 heterocycles. The van der Waals surface area contributed by atoms with E-state index in [0.717, 1.165) is 23.2 Å². The number of hydrogen-bond donors (Lipinski definition) is 0. The predicted molar refractivity (Wildman–Crippen MR) is 86.3 cm³/mol. The number of halogens is 1. The topological polar surface area (TPSA) is 14.2 Å². The third kappa shape index (κ3) is 2.73. The molecule has 0 amide bonds. The van der Waals surface area contributed by atoms with Gasteiger partial charge in [-0.25, -0.2) is 0 Å². The van der Waals surface area contributed by atoms with Gasteiger partial charge >= 0.3 is 0 Å². The molecule has 0 bridgehead atoms. The van der Waals surface area contributed by atoms with Crippen molar-refractivity contribution in [3.05, 3.63) is 64.8 Å². The largest absolute Gasteiger partial charge is 0.497 e. The molecule has 2 aromatic carbocycles. The maximum Gasteiger partial charge on any atom is 0.118 e. The maximum absolute atomic E-state index is 5.18. The van der Waals surface area contributed by atoms with Crippen LogP contribution in [0.5, 0.6) is 5.75 Å². The van der Waals surface area contributed by atoms with Gasteiger partial charge in [0.2, 0.25) is 0 Å². The fourth-order valence-electron chi connectivity index (χ4n) is 2.39. The Morgan fingerprint density at radius 2 is 1.85 bits per heavy atom. The van der Waals surface area contributed by atoms with E-state index < -0.39 is 0 Å². The van der Waals surface area contributed by atoms with Crippen molar-refractivity contribution in [3.63, 3.8) is 0 Å². The second kappa shape index (κ2) is 5.71. The summed E-state index contributed by atoms with van der Waals surface area (Å²) in [4.78, 5) is 0. The van der Waals surface area contributed by atoms with Crippen LogP contribution in [0.15, 0.2) is 59.2 Å². The van der Waals surface area contributed by atoms with E-state index >= 15 is 0 Å². The van der Waals surface area contributed by atoms with Crippen molar-refractivity contribution in [2.24, 2.45) is 0 Å². The molecular formula is C17H16BrNO. The van der Waals surface area contributed by atoms with Crippen LogP contribution in [0.3, 0.4) is 0 Å². The van der Waals surface area contributed by atoms with Gasteiger partial charge < -0.3 is 9.30 Å². The van der Waals surface area contributed by atoms with Crippen LogP contribution in [0.1, 0.15) is 5.56 Å². The molecule has 20 heavy (non-hydrogen) atoms. The van der Waals surface area contributed by atoms with Crippen LogP contribution in [0.4, 0.5) is 0 Å². The molecule has 0 fully saturated rings. The van der Waals surface area contributed by atoms with E-state index in [-0.39, 0.29) is 0 Å². The molecule has 2 nitrogen and oxygen atoms in total. The Morgan fingerprint density at radius 1 is 1.05 bits per heavy atom. The fourth-order valence-corrected chi connectivity index (χ4v) is 2.74. The molecule has 0 aliphatic carbocycles. The molecule has 1 aromatic heterocycles. The van der Waals surface area contributed by atoms with Crippen LogP contribution in [0.2, 0.25) is 0 Å². The quantitative estimate of drug-likeness (QED) is 0.679. The van der Waals surface area contributed by atoms with Gasteiger partial charge in [0, 0.05) is 22.7 Å². The molecule has 0 aliphatic rings. The second-order valence-corrected chi connectivity index (χ2v) is 5.73. The van der Waals surface area contributed by atoms with E-state index in [0.29, 0.717) is 0 Å². The van der Waals surface area contributed by atoms with Crippen molar-refractivity contribution >= 4 is 26.8 Å². The van der Waals surface area contributed by atoms with Gasteiger partial charge in [-0.05, 0) is 47.7 Å². The third-order valence-corrected chi connectivity index (χ3v) is 4.03. The highest BCUT2D eigenvalue weighted by atomic mass is 79.9. The minimum atomic E-state index is 0.907. The average Bonchev–Trinajstić information content (AvgIpc) is 2.88. The van der Waals surface area contributed by atoms with Crippen LogP contribution in [0.25, 0.3) is 10.9 Å². The molecule has 0 aliphatic heterocycles. The van der Waals surface area contributed by atoms with E-state index in [1.807, 2.05) is 12.1 Å². The second-order valence-electron chi connectivity index (χ2n) is 4.81. The third-order valence-electron chi connectivity index (χ3n) is 3.54. The minimum absolute atomic E-state index is 0.907. The van der Waals surface area contributed by atoms with Crippen LogP contribution < -0.4 is 4.74 Å². The lowest BCUT2D eigenvalue weighted by Gasteiger charge is -2.07. The number of aromatic nitrogens is 1. The lowest BCUT2D eigenvalue weighted by atomic mass is 10.1. The minimum Gasteiger partial charge on any atom is -0.497 e. The molecular weight excluding hydrogens is 314 g/mol. The van der Waals surface area contributed by atoms with E-state index in [2.05, 4.69) is 63.1 Å². The first kappa shape index (κ1) is 13.3. The van der Waals surface area contributed by atoms with Crippen molar-refractivity contribution in [2.75, 3.05) is 7.11 Å². The molecule has 102 valence electrons. The SMILES string of the molecule is COc1ccc(CCn2ccc3ccc(Br)cc32)cc1. The summed E-state index contributed by atoms with van der Waals surface area (Å²) in [5, 5.41) is 1.28. The highest BCUT2D eigenvalue weighted by molar-refractivity contribution is 9.10. The van der Waals surface area contributed by atoms with Gasteiger partial charge in [0.1, 0.15) is 5.75 Å². The Hall–Kier alpha value is -1.74. The van der Waals surface area contributed by atoms with Crippen LogP contribution in [0, 0.1) is 0 Å². The fraction of sp³-hybridized carbons (Fsp3) is 0.176. The normalized spacial score (nSPS) is 10.9. The molecule has 0 atom stereocenters. The summed E-state index contributed by atoms with van der Waals surface area (Å²) >= 11 is 3.54. The summed E-state index contributed by atoms with van der Waals surface area (Å²) in [6.45, 7) is 0.978. The Labute approximate surface area is 127 Å². The zero-order valence-corrected chi connectivity index (χ0v) is 12.9. The zero-order chi connectivity index (χ0) is 13.9. The first-order valence-corrected chi connectivity index (χ1v) is 7.43. The summed E-state index contributed by atoms with van der Waals surface area (Å²) in [7, 11) is 1.69. The van der Waals surface area contributed by atoms with Gasteiger partial charge in [0.05, 0.1) is 7.11 Å². The van der Waals surface area contributed by atoms with Crippen molar-refractivity contribution in [3.8, 4) is 5.75 Å². The summed E-state index contributed by atoms with van der Waals surface area (Å²) in [6, 6.07) is 16.8. The lowest BCUT2D eigenvalue weighted by Crippen LogP contribution is -1.99. The molecule has 0 N–H and O–H groups in total. The highest BCUT2D eigenvalue weighted by Crippen LogP contribution is 2.21. The molecule has 3 heteroatoms. The van der Waals surface area contributed by atoms with Gasteiger partial charge in [-0.15, -0.1) is 0 Å². The van der Waals surface area contributed by atoms with E-state index in [4.69, 9.17) is 4.74 Å². The number of methoxy groups -OCH3 is 1. The summed E-state index contributed by atoms with van der Waals surface area (Å²) in [6.07, 6.45) is 3.17. The molecule has 3 aromatic rings. The number of hydrogen-bond acceptors (Lipinski definition) is 1. The van der Waals surface area contributed by atoms with E-state index in [1.54, 1.807) is 7.11 Å². The van der Waals surface area contributed by atoms with Crippen LogP contribution in [-0.2, 0) is 13.0 Å². The van der Waals surface area contributed by atoms with Crippen LogP contribution >= 0.6 is 15.9 Å². The monoisotopic (exact) mass is 329 g/mol. The molecule has 0 unspecified atom stereocenters. The smallest absolute Gasteiger partial charge is 0.118 e. The standard InChI is InChI=1S/C17H16BrNO/c1-20-16-6-2-13(3-7-16)8-10-19-11-9-14-4-5-15(18)12-17(14)19/h2-7,9,11-12H,8,10H2,1H3. The average molecular weight is 330 g/mol. The van der Waals surface area contributed by atoms with Crippen molar-refractivity contribution in [1.82, 2.24) is 4.57 Å². The Bertz CT molecular complexity index is 715. The summed E-state index contributed by atoms with van der Waals surface area (Å²) < 4.78 is 8.60. The number of rotatable bonds is 4. The number of nitrogens with zero attached hydrogens (tertiary/aromatic N) is 1. The van der Waals surface area contributed by atoms with E-state index in [9.17, 15) is 0 Å². The molecule has 3 rings (SSSR count). The van der Waals surface area contributed by atoms with Gasteiger partial charge in [-0.2, -0.15) is 0 Å². The highest BCUT2D eigenvalue weighted by Gasteiger charge is 2.02.